The molecule has 6 rings (SSSR count). The zero-order valence-electron chi connectivity index (χ0n) is 22.5. The molecule has 3 aliphatic heterocycles. The van der Waals surface area contributed by atoms with Gasteiger partial charge in [-0.2, -0.15) is 0 Å². The average Bonchev–Trinajstić information content (AvgIpc) is 3.57. The molecule has 4 heterocycles. The van der Waals surface area contributed by atoms with Crippen molar-refractivity contribution in [3.05, 3.63) is 77.1 Å². The van der Waals surface area contributed by atoms with Crippen molar-refractivity contribution in [1.29, 1.82) is 0 Å². The van der Waals surface area contributed by atoms with Crippen molar-refractivity contribution in [3.8, 4) is 0 Å². The van der Waals surface area contributed by atoms with Crippen LogP contribution >= 0.6 is 0 Å². The van der Waals surface area contributed by atoms with Crippen molar-refractivity contribution in [2.75, 3.05) is 29.8 Å². The Bertz CT molecular complexity index is 1420. The Morgan fingerprint density at radius 3 is 2.69 bits per heavy atom. The molecule has 39 heavy (non-hydrogen) atoms. The molecule has 3 aromatic rings. The van der Waals surface area contributed by atoms with Gasteiger partial charge < -0.3 is 25.8 Å². The Kier molecular flexibility index (Phi) is 6.58. The number of piperidine rings is 1. The van der Waals surface area contributed by atoms with E-state index in [0.29, 0.717) is 18.9 Å². The van der Waals surface area contributed by atoms with Crippen molar-refractivity contribution in [2.45, 2.75) is 51.9 Å². The molecule has 202 valence electrons. The lowest BCUT2D eigenvalue weighted by Gasteiger charge is -2.43. The molecule has 0 unspecified atom stereocenters. The number of rotatable bonds is 6. The second-order valence-electron chi connectivity index (χ2n) is 10.6. The van der Waals surface area contributed by atoms with Crippen LogP contribution in [0.2, 0.25) is 0 Å². The second kappa shape index (κ2) is 10.2. The molecule has 0 saturated carbocycles. The first-order valence-corrected chi connectivity index (χ1v) is 13.3. The normalized spacial score (nSPS) is 20.0. The molecule has 1 fully saturated rings. The van der Waals surface area contributed by atoms with E-state index in [-0.39, 0.29) is 12.0 Å². The molecule has 2 aromatic carbocycles. The molecule has 1 aromatic heterocycles. The monoisotopic (exact) mass is 526 g/mol. The van der Waals surface area contributed by atoms with E-state index >= 15 is 0 Å². The summed E-state index contributed by atoms with van der Waals surface area (Å²) in [6.45, 7) is 10.7. The van der Waals surface area contributed by atoms with Crippen molar-refractivity contribution in [3.63, 3.8) is 0 Å². The first-order valence-electron chi connectivity index (χ1n) is 13.3. The van der Waals surface area contributed by atoms with Crippen LogP contribution in [-0.4, -0.2) is 51.5 Å². The predicted octanol–water partition coefficient (Wildman–Crippen LogP) is 4.09. The van der Waals surface area contributed by atoms with Crippen molar-refractivity contribution >= 4 is 34.7 Å². The van der Waals surface area contributed by atoms with E-state index in [9.17, 15) is 4.79 Å². The van der Waals surface area contributed by atoms with Crippen LogP contribution < -0.4 is 21.7 Å². The highest BCUT2D eigenvalue weighted by Gasteiger charge is 2.39. The molecule has 0 amide bonds. The van der Waals surface area contributed by atoms with Crippen LogP contribution in [0, 0.1) is 13.8 Å². The number of benzene rings is 2. The Morgan fingerprint density at radius 2 is 1.90 bits per heavy atom. The third-order valence-electron chi connectivity index (χ3n) is 7.82. The predicted molar refractivity (Wildman–Crippen MR) is 152 cm³/mol. The zero-order chi connectivity index (χ0) is 27.1. The van der Waals surface area contributed by atoms with Crippen LogP contribution in [0.4, 0.5) is 23.0 Å². The number of methoxy groups -OCH3 is 1. The van der Waals surface area contributed by atoms with Crippen molar-refractivity contribution < 1.29 is 9.53 Å². The number of likely N-dealkylation sites (tertiary alicyclic amines) is 1. The van der Waals surface area contributed by atoms with Gasteiger partial charge in [0.15, 0.2) is 0 Å². The highest BCUT2D eigenvalue weighted by atomic mass is 16.5. The quantitative estimate of drug-likeness (QED) is 0.351. The molecular weight excluding hydrogens is 492 g/mol. The molecule has 0 spiro atoms. The number of carbonyl (C=O) groups is 1. The lowest BCUT2D eigenvalue weighted by atomic mass is 9.94. The van der Waals surface area contributed by atoms with Gasteiger partial charge in [0, 0.05) is 48.8 Å². The molecule has 0 radical (unpaired) electrons. The number of aromatic nitrogens is 2. The Balaban J connectivity index is 1.15. The molecule has 1 saturated heterocycles. The highest BCUT2D eigenvalue weighted by molar-refractivity contribution is 5.81. The lowest BCUT2D eigenvalue weighted by Crippen LogP contribution is -2.51. The first-order chi connectivity index (χ1) is 18.9. The molecule has 3 aliphatic rings. The van der Waals surface area contributed by atoms with Crippen LogP contribution in [0.1, 0.15) is 40.8 Å². The van der Waals surface area contributed by atoms with Gasteiger partial charge in [0.25, 0.3) is 0 Å². The number of hydrogen-bond acceptors (Lipinski definition) is 10. The largest absolute Gasteiger partial charge is 0.467 e. The highest BCUT2D eigenvalue weighted by Crippen LogP contribution is 2.35. The maximum absolute atomic E-state index is 13.0. The molecule has 0 bridgehead atoms. The zero-order valence-corrected chi connectivity index (χ0v) is 22.5. The summed E-state index contributed by atoms with van der Waals surface area (Å²) < 4.78 is 5.24. The summed E-state index contributed by atoms with van der Waals surface area (Å²) in [7, 11) is 1.45. The average molecular weight is 527 g/mol. The number of hydrazine groups is 2. The Hall–Kier alpha value is -4.15. The summed E-state index contributed by atoms with van der Waals surface area (Å²) in [6, 6.07) is 12.2. The molecule has 4 N–H and O–H groups in total. The minimum atomic E-state index is -0.407. The van der Waals surface area contributed by atoms with Gasteiger partial charge in [-0.25, -0.2) is 14.8 Å². The fourth-order valence-corrected chi connectivity index (χ4v) is 5.90. The van der Waals surface area contributed by atoms with E-state index in [2.05, 4.69) is 75.1 Å². The number of carbonyl (C=O) groups excluding carboxylic acids is 1. The topological polar surface area (TPSA) is 107 Å². The molecule has 0 aliphatic carbocycles. The van der Waals surface area contributed by atoms with E-state index < -0.39 is 6.04 Å². The third-order valence-corrected chi connectivity index (χ3v) is 7.82. The molecule has 10 heteroatoms. The summed E-state index contributed by atoms with van der Waals surface area (Å²) in [4.78, 5) is 26.9. The van der Waals surface area contributed by atoms with Gasteiger partial charge in [-0.15, -0.1) is 5.53 Å². The number of nitrogens with one attached hydrogen (secondary N) is 4. The maximum atomic E-state index is 13.0. The molecule has 10 nitrogen and oxygen atoms in total. The van der Waals surface area contributed by atoms with Crippen LogP contribution in [0.5, 0.6) is 0 Å². The second-order valence-corrected chi connectivity index (χ2v) is 10.6. The number of esters is 1. The molecular formula is C29H34N8O2. The summed E-state index contributed by atoms with van der Waals surface area (Å²) in [5, 5.41) is 3.36. The number of aryl methyl sites for hydroxylation is 2. The Morgan fingerprint density at radius 1 is 1.10 bits per heavy atom. The fraction of sp³-hybridized carbons (Fsp3) is 0.345. The number of nitrogens with zero attached hydrogens (tertiary/aromatic N) is 4. The smallest absolute Gasteiger partial charge is 0.328 e. The lowest BCUT2D eigenvalue weighted by molar-refractivity contribution is -0.147. The Labute approximate surface area is 228 Å². The van der Waals surface area contributed by atoms with E-state index in [4.69, 9.17) is 9.72 Å². The summed E-state index contributed by atoms with van der Waals surface area (Å²) in [5.41, 5.74) is 18.3. The van der Waals surface area contributed by atoms with Crippen LogP contribution in [0.25, 0.3) is 5.70 Å². The number of hydrogen-bond donors (Lipinski definition) is 4. The van der Waals surface area contributed by atoms with Gasteiger partial charge in [-0.1, -0.05) is 18.7 Å². The minimum absolute atomic E-state index is 0.221. The van der Waals surface area contributed by atoms with Gasteiger partial charge in [0.05, 0.1) is 24.2 Å². The van der Waals surface area contributed by atoms with Crippen molar-refractivity contribution in [1.82, 2.24) is 25.3 Å². The first kappa shape index (κ1) is 25.1. The van der Waals surface area contributed by atoms with Gasteiger partial charge >= 0.3 is 5.97 Å². The number of ether oxygens (including phenoxy) is 1. The van der Waals surface area contributed by atoms with Gasteiger partial charge in [-0.05, 0) is 67.6 Å². The number of anilines is 4. The van der Waals surface area contributed by atoms with Gasteiger partial charge in [-0.3, -0.25) is 4.90 Å². The minimum Gasteiger partial charge on any atom is -0.467 e. The number of fused-ring (bicyclic) bond motifs is 2. The standard InChI is InChI=1S/C29H34N8O2/c1-17-9-18(2)11-22(10-17)31-29-30-14-21-15-36(16-26(21)32-29)23-7-8-37(27(13-23)28(38)39-4)19(3)20-5-6-24-25(12-20)34-35-33-24/h5-6,9-12,14,23,27,33-35H,3,7-8,13,15-16H2,1-2,4H3,(H,30,31,32)/t23-,27+/m1/s1. The van der Waals surface area contributed by atoms with Gasteiger partial charge in [0.1, 0.15) is 6.04 Å². The van der Waals surface area contributed by atoms with Crippen LogP contribution in [0.15, 0.2) is 49.2 Å². The fourth-order valence-electron chi connectivity index (χ4n) is 5.90. The van der Waals surface area contributed by atoms with E-state index in [1.807, 2.05) is 24.4 Å². The third kappa shape index (κ3) is 5.00. The summed E-state index contributed by atoms with van der Waals surface area (Å²) in [5.74, 6) is 0.369. The van der Waals surface area contributed by atoms with E-state index in [0.717, 1.165) is 59.1 Å². The van der Waals surface area contributed by atoms with Gasteiger partial charge in [0.2, 0.25) is 5.95 Å². The summed E-state index contributed by atoms with van der Waals surface area (Å²) >= 11 is 0. The van der Waals surface area contributed by atoms with E-state index in [1.54, 1.807) is 0 Å². The summed E-state index contributed by atoms with van der Waals surface area (Å²) in [6.07, 6.45) is 3.49. The molecule has 2 atom stereocenters. The SMILES string of the molecule is C=C(c1ccc2c(c1)NNN2)N1CC[C@@H](N2Cc3cnc(Nc4cc(C)cc(C)c4)nc3C2)C[C@H]1C(=O)OC. The van der Waals surface area contributed by atoms with Crippen molar-refractivity contribution in [2.24, 2.45) is 0 Å². The van der Waals surface area contributed by atoms with E-state index in [1.165, 1.54) is 18.2 Å². The van der Waals surface area contributed by atoms with Crippen LogP contribution in [-0.2, 0) is 22.6 Å². The van der Waals surface area contributed by atoms with Crippen LogP contribution in [0.3, 0.4) is 0 Å². The maximum Gasteiger partial charge on any atom is 0.328 e.